The van der Waals surface area contributed by atoms with E-state index >= 15 is 0 Å². The number of Topliss-reactive ketones (excluding diaryl/α,β-unsaturated/α-hetero) is 1. The minimum absolute atomic E-state index is 0.0639. The Balaban J connectivity index is 2.26. The quantitative estimate of drug-likeness (QED) is 0.616. The number of allylic oxidation sites excluding steroid dienone is 1. The van der Waals surface area contributed by atoms with Crippen molar-refractivity contribution in [3.8, 4) is 5.75 Å². The fourth-order valence-corrected chi connectivity index (χ4v) is 3.42. The van der Waals surface area contributed by atoms with Crippen LogP contribution in [0, 0.1) is 0 Å². The van der Waals surface area contributed by atoms with Crippen molar-refractivity contribution in [2.24, 2.45) is 5.73 Å². The molecule has 1 aromatic heterocycles. The number of fused-ring (bicyclic) bond motifs is 1. The number of hydrogen-bond acceptors (Lipinski definition) is 4. The van der Waals surface area contributed by atoms with E-state index in [2.05, 4.69) is 9.88 Å². The molecule has 0 amide bonds. The monoisotopic (exact) mass is 377 g/mol. The van der Waals surface area contributed by atoms with E-state index < -0.39 is 0 Å². The number of nitrogens with two attached hydrogens (primary N) is 1. The first-order valence-electron chi connectivity index (χ1n) is 9.32. The number of carbonyl (C=O) groups is 1. The number of nitrogens with one attached hydrogen (secondary N) is 1. The summed E-state index contributed by atoms with van der Waals surface area (Å²) in [7, 11) is 5.73. The number of aromatic nitrogens is 1. The van der Waals surface area contributed by atoms with Gasteiger partial charge in [0.25, 0.3) is 0 Å². The van der Waals surface area contributed by atoms with Crippen molar-refractivity contribution in [3.05, 3.63) is 65.4 Å². The van der Waals surface area contributed by atoms with Crippen LogP contribution >= 0.6 is 0 Å². The third kappa shape index (κ3) is 3.94. The first kappa shape index (κ1) is 19.7. The van der Waals surface area contributed by atoms with Gasteiger partial charge in [-0.1, -0.05) is 30.3 Å². The van der Waals surface area contributed by atoms with Crippen molar-refractivity contribution in [2.75, 3.05) is 27.7 Å². The van der Waals surface area contributed by atoms with Gasteiger partial charge in [0.05, 0.1) is 24.1 Å². The highest BCUT2D eigenvalue weighted by molar-refractivity contribution is 6.27. The van der Waals surface area contributed by atoms with Crippen LogP contribution in [0.4, 0.5) is 0 Å². The molecule has 146 valence electrons. The summed E-state index contributed by atoms with van der Waals surface area (Å²) in [6, 6.07) is 15.5. The average Bonchev–Trinajstić information content (AvgIpc) is 3.03. The molecule has 0 bridgehead atoms. The maximum Gasteiger partial charge on any atom is 0.164 e. The Morgan fingerprint density at radius 2 is 1.86 bits per heavy atom. The van der Waals surface area contributed by atoms with E-state index in [0.717, 1.165) is 46.4 Å². The van der Waals surface area contributed by atoms with Crippen LogP contribution in [0.3, 0.4) is 0 Å². The summed E-state index contributed by atoms with van der Waals surface area (Å²) >= 11 is 0. The van der Waals surface area contributed by atoms with Crippen LogP contribution in [-0.4, -0.2) is 43.4 Å². The number of benzene rings is 2. The van der Waals surface area contributed by atoms with Crippen LogP contribution in [0.5, 0.6) is 5.75 Å². The third-order valence-corrected chi connectivity index (χ3v) is 4.88. The predicted molar refractivity (Wildman–Crippen MR) is 115 cm³/mol. The van der Waals surface area contributed by atoms with Gasteiger partial charge >= 0.3 is 0 Å². The zero-order valence-corrected chi connectivity index (χ0v) is 16.9. The molecule has 0 aliphatic rings. The van der Waals surface area contributed by atoms with Crippen LogP contribution in [0.15, 0.2) is 48.5 Å². The fourth-order valence-electron chi connectivity index (χ4n) is 3.42. The number of carbonyl (C=O) groups excluding carboxylic acids is 1. The zero-order valence-electron chi connectivity index (χ0n) is 16.9. The van der Waals surface area contributed by atoms with Gasteiger partial charge in [0.15, 0.2) is 5.78 Å². The smallest absolute Gasteiger partial charge is 0.164 e. The standard InChI is InChI=1S/C23H27N3O2/c1-15(27)21(22(24)16-8-6-5-7-9-16)23-18(12-13-26(2)3)19-14-17(28-4)10-11-20(19)25-23/h5-11,14,25H,12-13,24H2,1-4H3. The first-order chi connectivity index (χ1) is 13.4. The molecule has 0 radical (unpaired) electrons. The molecule has 3 aromatic rings. The Kier molecular flexibility index (Phi) is 5.85. The summed E-state index contributed by atoms with van der Waals surface area (Å²) in [4.78, 5) is 18.2. The highest BCUT2D eigenvalue weighted by Gasteiger charge is 2.21. The minimum atomic E-state index is -0.0639. The molecule has 0 fully saturated rings. The average molecular weight is 377 g/mol. The summed E-state index contributed by atoms with van der Waals surface area (Å²) < 4.78 is 5.41. The van der Waals surface area contributed by atoms with Gasteiger partial charge < -0.3 is 20.4 Å². The Morgan fingerprint density at radius 3 is 2.46 bits per heavy atom. The summed E-state index contributed by atoms with van der Waals surface area (Å²) in [5, 5.41) is 1.05. The van der Waals surface area contributed by atoms with E-state index in [9.17, 15) is 4.79 Å². The molecule has 5 nitrogen and oxygen atoms in total. The number of H-pyrrole nitrogens is 1. The molecule has 2 aromatic carbocycles. The summed E-state index contributed by atoms with van der Waals surface area (Å²) in [6.07, 6.45) is 0.786. The Bertz CT molecular complexity index is 1020. The topological polar surface area (TPSA) is 71.3 Å². The lowest BCUT2D eigenvalue weighted by Gasteiger charge is -2.13. The van der Waals surface area contributed by atoms with Crippen molar-refractivity contribution >= 4 is 28.0 Å². The number of nitrogens with zero attached hydrogens (tertiary/aromatic N) is 1. The second-order valence-electron chi connectivity index (χ2n) is 7.15. The molecule has 0 saturated heterocycles. The van der Waals surface area contributed by atoms with Gasteiger partial charge in [0.1, 0.15) is 5.75 Å². The molecule has 0 aliphatic carbocycles. The van der Waals surface area contributed by atoms with Gasteiger partial charge in [-0.3, -0.25) is 4.79 Å². The molecule has 0 atom stereocenters. The largest absolute Gasteiger partial charge is 0.497 e. The lowest BCUT2D eigenvalue weighted by molar-refractivity contribution is -0.111. The summed E-state index contributed by atoms with van der Waals surface area (Å²) in [5.74, 6) is 0.722. The molecule has 3 N–H and O–H groups in total. The molecule has 0 aliphatic heterocycles. The molecule has 0 unspecified atom stereocenters. The molecular weight excluding hydrogens is 350 g/mol. The van der Waals surface area contributed by atoms with Gasteiger partial charge in [-0.15, -0.1) is 0 Å². The number of rotatable bonds is 7. The van der Waals surface area contributed by atoms with E-state index in [0.29, 0.717) is 11.3 Å². The summed E-state index contributed by atoms with van der Waals surface area (Å²) in [6.45, 7) is 2.42. The molecule has 28 heavy (non-hydrogen) atoms. The van der Waals surface area contributed by atoms with E-state index in [4.69, 9.17) is 10.5 Å². The molecule has 1 heterocycles. The van der Waals surface area contributed by atoms with E-state index in [1.54, 1.807) is 14.0 Å². The fraction of sp³-hybridized carbons (Fsp3) is 0.261. The maximum absolute atomic E-state index is 12.7. The molecule has 0 saturated carbocycles. The van der Waals surface area contributed by atoms with Gasteiger partial charge in [-0.05, 0) is 56.8 Å². The zero-order chi connectivity index (χ0) is 20.3. The second kappa shape index (κ2) is 8.31. The van der Waals surface area contributed by atoms with Crippen molar-refractivity contribution in [2.45, 2.75) is 13.3 Å². The van der Waals surface area contributed by atoms with Crippen LogP contribution in [0.1, 0.15) is 23.7 Å². The normalized spacial score (nSPS) is 12.3. The highest BCUT2D eigenvalue weighted by Crippen LogP contribution is 2.33. The Hall–Kier alpha value is -3.05. The number of likely N-dealkylation sites (N-methyl/N-ethyl adjacent to an activating group) is 1. The van der Waals surface area contributed by atoms with Crippen molar-refractivity contribution in [1.29, 1.82) is 0 Å². The van der Waals surface area contributed by atoms with Crippen molar-refractivity contribution in [1.82, 2.24) is 9.88 Å². The number of aromatic amines is 1. The van der Waals surface area contributed by atoms with Crippen LogP contribution < -0.4 is 10.5 Å². The molecular formula is C23H27N3O2. The number of hydrogen-bond donors (Lipinski definition) is 2. The number of methoxy groups -OCH3 is 1. The minimum Gasteiger partial charge on any atom is -0.497 e. The first-order valence-corrected chi connectivity index (χ1v) is 9.32. The highest BCUT2D eigenvalue weighted by atomic mass is 16.5. The number of ether oxygens (including phenoxy) is 1. The van der Waals surface area contributed by atoms with Crippen LogP contribution in [-0.2, 0) is 11.2 Å². The third-order valence-electron chi connectivity index (χ3n) is 4.88. The molecule has 0 spiro atoms. The Labute approximate surface area is 165 Å². The van der Waals surface area contributed by atoms with Gasteiger partial charge in [0, 0.05) is 17.4 Å². The van der Waals surface area contributed by atoms with Crippen LogP contribution in [0.25, 0.3) is 22.2 Å². The van der Waals surface area contributed by atoms with Gasteiger partial charge in [0.2, 0.25) is 0 Å². The van der Waals surface area contributed by atoms with Crippen LogP contribution in [0.2, 0.25) is 0 Å². The lowest BCUT2D eigenvalue weighted by atomic mass is 9.96. The van der Waals surface area contributed by atoms with Crippen molar-refractivity contribution < 1.29 is 9.53 Å². The molecule has 5 heteroatoms. The number of ketones is 1. The van der Waals surface area contributed by atoms with E-state index in [-0.39, 0.29) is 5.78 Å². The van der Waals surface area contributed by atoms with E-state index in [1.807, 2.05) is 62.6 Å². The SMILES string of the molecule is COc1ccc2[nH]c(C(C(C)=O)=C(N)c3ccccc3)c(CCN(C)C)c2c1. The lowest BCUT2D eigenvalue weighted by Crippen LogP contribution is -2.16. The van der Waals surface area contributed by atoms with Gasteiger partial charge in [-0.25, -0.2) is 0 Å². The molecule has 3 rings (SSSR count). The van der Waals surface area contributed by atoms with E-state index in [1.165, 1.54) is 0 Å². The van der Waals surface area contributed by atoms with Crippen molar-refractivity contribution in [3.63, 3.8) is 0 Å². The maximum atomic E-state index is 12.7. The predicted octanol–water partition coefficient (Wildman–Crippen LogP) is 3.70. The van der Waals surface area contributed by atoms with Gasteiger partial charge in [-0.2, -0.15) is 0 Å². The second-order valence-corrected chi connectivity index (χ2v) is 7.15. The Morgan fingerprint density at radius 1 is 1.14 bits per heavy atom. The summed E-state index contributed by atoms with van der Waals surface area (Å²) in [5.41, 5.74) is 11.2.